The second-order valence-electron chi connectivity index (χ2n) is 9.27. The Morgan fingerprint density at radius 1 is 1.03 bits per heavy atom. The third-order valence-electron chi connectivity index (χ3n) is 5.98. The van der Waals surface area contributed by atoms with Crippen LogP contribution in [0.4, 0.5) is 10.1 Å². The van der Waals surface area contributed by atoms with Crippen molar-refractivity contribution in [1.29, 1.82) is 0 Å². The Morgan fingerprint density at radius 3 is 2.50 bits per heavy atom. The molecule has 0 saturated heterocycles. The van der Waals surface area contributed by atoms with Crippen molar-refractivity contribution in [3.63, 3.8) is 0 Å². The summed E-state index contributed by atoms with van der Waals surface area (Å²) < 4.78 is 15.8. The van der Waals surface area contributed by atoms with Crippen LogP contribution in [0.5, 0.6) is 0 Å². The number of benzene rings is 3. The van der Waals surface area contributed by atoms with Crippen LogP contribution in [0.2, 0.25) is 0 Å². The van der Waals surface area contributed by atoms with Crippen LogP contribution in [-0.4, -0.2) is 33.4 Å². The molecule has 0 radical (unpaired) electrons. The third kappa shape index (κ3) is 5.76. The van der Waals surface area contributed by atoms with Gasteiger partial charge in [-0.1, -0.05) is 67.1 Å². The second-order valence-corrected chi connectivity index (χ2v) is 9.27. The van der Waals surface area contributed by atoms with Gasteiger partial charge in [0.1, 0.15) is 23.9 Å². The first-order chi connectivity index (χ1) is 17.3. The standard InChI is InChI=1S/C28H30FN5O2/c1-19(2)15-16-30-28(36)27(21-13-11-20(3)12-14-21)34(23-8-6-7-22(29)17-23)26(35)18-33-25-10-5-4-9-24(25)31-32-33/h4-14,17,19,27H,15-16,18H2,1-3H3,(H,30,36)/t27-/m1/s1. The monoisotopic (exact) mass is 487 g/mol. The Bertz CT molecular complexity index is 1350. The molecule has 186 valence electrons. The van der Waals surface area contributed by atoms with Crippen LogP contribution in [0.15, 0.2) is 72.8 Å². The number of carbonyl (C=O) groups is 2. The molecule has 0 unspecified atom stereocenters. The zero-order chi connectivity index (χ0) is 25.7. The van der Waals surface area contributed by atoms with Crippen LogP contribution >= 0.6 is 0 Å². The zero-order valence-electron chi connectivity index (χ0n) is 20.7. The maximum atomic E-state index is 14.3. The van der Waals surface area contributed by atoms with Gasteiger partial charge in [-0.2, -0.15) is 0 Å². The predicted molar refractivity (Wildman–Crippen MR) is 138 cm³/mol. The summed E-state index contributed by atoms with van der Waals surface area (Å²) in [6, 6.07) is 19.5. The van der Waals surface area contributed by atoms with Crippen LogP contribution in [0.3, 0.4) is 0 Å². The minimum Gasteiger partial charge on any atom is -0.354 e. The summed E-state index contributed by atoms with van der Waals surface area (Å²) in [6.07, 6.45) is 0.797. The van der Waals surface area contributed by atoms with Crippen LogP contribution in [0.1, 0.15) is 37.4 Å². The van der Waals surface area contributed by atoms with E-state index in [1.807, 2.05) is 55.5 Å². The fourth-order valence-electron chi connectivity index (χ4n) is 4.05. The average molecular weight is 488 g/mol. The molecule has 7 nitrogen and oxygen atoms in total. The Kier molecular flexibility index (Phi) is 7.73. The number of rotatable bonds is 9. The first-order valence-corrected chi connectivity index (χ1v) is 12.0. The molecule has 2 amide bonds. The maximum Gasteiger partial charge on any atom is 0.249 e. The molecule has 0 aliphatic carbocycles. The molecule has 0 aliphatic heterocycles. The molecular formula is C28H30FN5O2. The van der Waals surface area contributed by atoms with E-state index in [4.69, 9.17) is 0 Å². The first-order valence-electron chi connectivity index (χ1n) is 12.0. The smallest absolute Gasteiger partial charge is 0.249 e. The van der Waals surface area contributed by atoms with Crippen molar-refractivity contribution >= 4 is 28.5 Å². The van der Waals surface area contributed by atoms with E-state index in [1.54, 1.807) is 6.07 Å². The van der Waals surface area contributed by atoms with Gasteiger partial charge >= 0.3 is 0 Å². The van der Waals surface area contributed by atoms with Crippen molar-refractivity contribution in [1.82, 2.24) is 20.3 Å². The number of nitrogens with zero attached hydrogens (tertiary/aromatic N) is 4. The highest BCUT2D eigenvalue weighted by Gasteiger charge is 2.33. The van der Waals surface area contributed by atoms with Crippen LogP contribution < -0.4 is 10.2 Å². The molecule has 36 heavy (non-hydrogen) atoms. The Labute approximate surface area is 209 Å². The number of carbonyl (C=O) groups excluding carboxylic acids is 2. The summed E-state index contributed by atoms with van der Waals surface area (Å²) in [6.45, 7) is 6.41. The van der Waals surface area contributed by atoms with Gasteiger partial charge in [0.2, 0.25) is 11.8 Å². The van der Waals surface area contributed by atoms with E-state index < -0.39 is 17.8 Å². The van der Waals surface area contributed by atoms with E-state index in [-0.39, 0.29) is 18.1 Å². The number of aryl methyl sites for hydroxylation is 1. The molecule has 3 aromatic carbocycles. The molecule has 1 heterocycles. The fourth-order valence-corrected chi connectivity index (χ4v) is 4.05. The molecule has 4 rings (SSSR count). The number of halogens is 1. The molecule has 0 saturated carbocycles. The molecule has 0 bridgehead atoms. The molecule has 1 N–H and O–H groups in total. The SMILES string of the molecule is Cc1ccc([C@H](C(=O)NCCC(C)C)N(C(=O)Cn2nnc3ccccc32)c2cccc(F)c2)cc1. The van der Waals surface area contributed by atoms with E-state index in [1.165, 1.54) is 27.8 Å². The van der Waals surface area contributed by atoms with Crippen molar-refractivity contribution in [2.45, 2.75) is 39.8 Å². The molecule has 0 spiro atoms. The van der Waals surface area contributed by atoms with Crippen molar-refractivity contribution in [3.05, 3.63) is 89.7 Å². The highest BCUT2D eigenvalue weighted by molar-refractivity contribution is 6.01. The minimum absolute atomic E-state index is 0.168. The molecular weight excluding hydrogens is 457 g/mol. The van der Waals surface area contributed by atoms with Gasteiger partial charge in [-0.3, -0.25) is 14.5 Å². The lowest BCUT2D eigenvalue weighted by molar-refractivity contribution is -0.127. The highest BCUT2D eigenvalue weighted by atomic mass is 19.1. The lowest BCUT2D eigenvalue weighted by atomic mass is 10.0. The molecule has 4 aromatic rings. The van der Waals surface area contributed by atoms with Gasteiger partial charge in [-0.25, -0.2) is 9.07 Å². The largest absolute Gasteiger partial charge is 0.354 e. The van der Waals surface area contributed by atoms with Crippen molar-refractivity contribution < 1.29 is 14.0 Å². The molecule has 0 fully saturated rings. The van der Waals surface area contributed by atoms with Gasteiger partial charge in [0.05, 0.1) is 5.52 Å². The zero-order valence-corrected chi connectivity index (χ0v) is 20.7. The average Bonchev–Trinajstić information content (AvgIpc) is 3.25. The lowest BCUT2D eigenvalue weighted by Gasteiger charge is -2.31. The van der Waals surface area contributed by atoms with Crippen molar-refractivity contribution in [3.8, 4) is 0 Å². The summed E-state index contributed by atoms with van der Waals surface area (Å²) in [5.74, 6) is -0.842. The number of para-hydroxylation sites is 1. The van der Waals surface area contributed by atoms with E-state index in [9.17, 15) is 14.0 Å². The second kappa shape index (κ2) is 11.1. The first kappa shape index (κ1) is 25.0. The number of amides is 2. The van der Waals surface area contributed by atoms with E-state index in [2.05, 4.69) is 29.5 Å². The van der Waals surface area contributed by atoms with Crippen LogP contribution in [-0.2, 0) is 16.1 Å². The summed E-state index contributed by atoms with van der Waals surface area (Å²) in [4.78, 5) is 28.8. The number of nitrogens with one attached hydrogen (secondary N) is 1. The fraction of sp³-hybridized carbons (Fsp3) is 0.286. The topological polar surface area (TPSA) is 80.1 Å². The molecule has 8 heteroatoms. The molecule has 0 aliphatic rings. The van der Waals surface area contributed by atoms with Crippen LogP contribution in [0.25, 0.3) is 11.0 Å². The summed E-state index contributed by atoms with van der Waals surface area (Å²) in [5.41, 5.74) is 3.29. The Morgan fingerprint density at radius 2 is 1.78 bits per heavy atom. The highest BCUT2D eigenvalue weighted by Crippen LogP contribution is 2.29. The number of aromatic nitrogens is 3. The lowest BCUT2D eigenvalue weighted by Crippen LogP contribution is -2.45. The van der Waals surface area contributed by atoms with E-state index >= 15 is 0 Å². The van der Waals surface area contributed by atoms with E-state index in [0.29, 0.717) is 29.1 Å². The quantitative estimate of drug-likeness (QED) is 0.367. The van der Waals surface area contributed by atoms with Gasteiger partial charge in [0.25, 0.3) is 0 Å². The Balaban J connectivity index is 1.76. The van der Waals surface area contributed by atoms with Gasteiger partial charge in [0.15, 0.2) is 0 Å². The number of anilines is 1. The third-order valence-corrected chi connectivity index (χ3v) is 5.98. The van der Waals surface area contributed by atoms with Gasteiger partial charge < -0.3 is 5.32 Å². The van der Waals surface area contributed by atoms with Gasteiger partial charge in [-0.15, -0.1) is 5.10 Å². The summed E-state index contributed by atoms with van der Waals surface area (Å²) in [7, 11) is 0. The van der Waals surface area contributed by atoms with Crippen LogP contribution in [0, 0.1) is 18.7 Å². The summed E-state index contributed by atoms with van der Waals surface area (Å²) in [5, 5.41) is 11.2. The minimum atomic E-state index is -0.998. The molecule has 1 aromatic heterocycles. The van der Waals surface area contributed by atoms with Gasteiger partial charge in [-0.05, 0) is 55.2 Å². The number of hydrogen-bond donors (Lipinski definition) is 1. The Hall–Kier alpha value is -4.07. The summed E-state index contributed by atoms with van der Waals surface area (Å²) >= 11 is 0. The normalized spacial score (nSPS) is 12.0. The maximum absolute atomic E-state index is 14.3. The molecule has 1 atom stereocenters. The van der Waals surface area contributed by atoms with Crippen molar-refractivity contribution in [2.75, 3.05) is 11.4 Å². The number of fused-ring (bicyclic) bond motifs is 1. The van der Waals surface area contributed by atoms with E-state index in [0.717, 1.165) is 12.0 Å². The van der Waals surface area contributed by atoms with Gasteiger partial charge in [0, 0.05) is 12.2 Å². The number of hydrogen-bond acceptors (Lipinski definition) is 4. The predicted octanol–water partition coefficient (Wildman–Crippen LogP) is 4.82. The van der Waals surface area contributed by atoms with Crippen molar-refractivity contribution in [2.24, 2.45) is 5.92 Å².